The number of hydrazine groups is 1. The lowest BCUT2D eigenvalue weighted by Gasteiger charge is -2.18. The number of carbonyl (C=O) groups is 2. The van der Waals surface area contributed by atoms with E-state index in [2.05, 4.69) is 34.9 Å². The maximum absolute atomic E-state index is 12.3. The molecule has 1 aromatic heterocycles. The van der Waals surface area contributed by atoms with E-state index in [1.165, 1.54) is 16.9 Å². The molecular formula is C22H21N3O4S. The molecule has 0 spiro atoms. The number of aromatic nitrogens is 1. The van der Waals surface area contributed by atoms with E-state index < -0.39 is 5.91 Å². The molecule has 3 aromatic rings. The number of rotatable bonds is 5. The Balaban J connectivity index is 1.31. The van der Waals surface area contributed by atoms with Gasteiger partial charge >= 0.3 is 0 Å². The predicted molar refractivity (Wildman–Crippen MR) is 114 cm³/mol. The number of carbonyl (C=O) groups excluding carboxylic acids is 2. The van der Waals surface area contributed by atoms with Crippen molar-refractivity contribution in [1.82, 2.24) is 15.8 Å². The lowest BCUT2D eigenvalue weighted by atomic mass is 10.1. The normalized spacial score (nSPS) is 12.3. The van der Waals surface area contributed by atoms with Crippen molar-refractivity contribution in [3.8, 4) is 22.1 Å². The zero-order valence-electron chi connectivity index (χ0n) is 16.4. The topological polar surface area (TPSA) is 89.6 Å². The van der Waals surface area contributed by atoms with Crippen LogP contribution in [0.2, 0.25) is 0 Å². The Kier molecular flexibility index (Phi) is 5.94. The highest BCUT2D eigenvalue weighted by molar-refractivity contribution is 7.13. The summed E-state index contributed by atoms with van der Waals surface area (Å²) in [7, 11) is 0. The molecule has 0 unspecified atom stereocenters. The van der Waals surface area contributed by atoms with Crippen LogP contribution in [0.15, 0.2) is 47.8 Å². The summed E-state index contributed by atoms with van der Waals surface area (Å²) >= 11 is 1.49. The van der Waals surface area contributed by atoms with Gasteiger partial charge < -0.3 is 9.47 Å². The molecule has 1 aliphatic heterocycles. The van der Waals surface area contributed by atoms with Gasteiger partial charge in [0.25, 0.3) is 5.91 Å². The standard InChI is InChI=1S/C22H21N3O4S/c1-2-14-3-5-15(6-4-14)22-23-17(13-30-22)12-20(26)24-25-21(27)16-7-8-18-19(11-16)29-10-9-28-18/h3-8,11,13H,2,9-10,12H2,1H3,(H,24,26)(H,25,27). The molecule has 154 valence electrons. The molecule has 0 aliphatic carbocycles. The predicted octanol–water partition coefficient (Wildman–Crippen LogP) is 3.15. The minimum Gasteiger partial charge on any atom is -0.486 e. The van der Waals surface area contributed by atoms with E-state index in [0.29, 0.717) is 36.0 Å². The van der Waals surface area contributed by atoms with Gasteiger partial charge in [-0.05, 0) is 30.2 Å². The lowest BCUT2D eigenvalue weighted by Crippen LogP contribution is -2.42. The van der Waals surface area contributed by atoms with Gasteiger partial charge in [0.15, 0.2) is 11.5 Å². The first-order valence-electron chi connectivity index (χ1n) is 9.65. The third-order valence-electron chi connectivity index (χ3n) is 4.62. The summed E-state index contributed by atoms with van der Waals surface area (Å²) in [5.74, 6) is 0.335. The number of amides is 2. The van der Waals surface area contributed by atoms with Crippen LogP contribution in [0.4, 0.5) is 0 Å². The van der Waals surface area contributed by atoms with Gasteiger partial charge in [0.2, 0.25) is 5.91 Å². The largest absolute Gasteiger partial charge is 0.486 e. The van der Waals surface area contributed by atoms with Crippen LogP contribution < -0.4 is 20.3 Å². The summed E-state index contributed by atoms with van der Waals surface area (Å²) in [6.45, 7) is 3.03. The Morgan fingerprint density at radius 1 is 1.03 bits per heavy atom. The number of benzene rings is 2. The van der Waals surface area contributed by atoms with Gasteiger partial charge in [0.1, 0.15) is 18.2 Å². The second kappa shape index (κ2) is 8.96. The molecule has 4 rings (SSSR count). The molecule has 2 N–H and O–H groups in total. The summed E-state index contributed by atoms with van der Waals surface area (Å²) in [6.07, 6.45) is 1.06. The fraction of sp³-hybridized carbons (Fsp3) is 0.227. The van der Waals surface area contributed by atoms with Crippen molar-refractivity contribution >= 4 is 23.2 Å². The Hall–Kier alpha value is -3.39. The number of hydrogen-bond acceptors (Lipinski definition) is 6. The van der Waals surface area contributed by atoms with Crippen LogP contribution in [-0.2, 0) is 17.6 Å². The summed E-state index contributed by atoms with van der Waals surface area (Å²) in [6, 6.07) is 13.1. The van der Waals surface area contributed by atoms with Crippen LogP contribution in [0.25, 0.3) is 10.6 Å². The Bertz CT molecular complexity index is 1060. The van der Waals surface area contributed by atoms with Crippen LogP contribution in [0.3, 0.4) is 0 Å². The second-order valence-corrected chi connectivity index (χ2v) is 7.59. The number of nitrogens with zero attached hydrogens (tertiary/aromatic N) is 1. The molecule has 0 atom stereocenters. The van der Waals surface area contributed by atoms with Crippen LogP contribution >= 0.6 is 11.3 Å². The summed E-state index contributed by atoms with van der Waals surface area (Å²) in [5.41, 5.74) is 8.16. The van der Waals surface area contributed by atoms with Crippen LogP contribution in [-0.4, -0.2) is 30.0 Å². The van der Waals surface area contributed by atoms with Crippen LogP contribution in [0.5, 0.6) is 11.5 Å². The molecule has 0 bridgehead atoms. The quantitative estimate of drug-likeness (QED) is 0.616. The highest BCUT2D eigenvalue weighted by Gasteiger charge is 2.16. The molecule has 2 aromatic carbocycles. The van der Waals surface area contributed by atoms with E-state index in [9.17, 15) is 9.59 Å². The van der Waals surface area contributed by atoms with Crippen molar-refractivity contribution in [3.63, 3.8) is 0 Å². The first kappa shape index (κ1) is 19.9. The van der Waals surface area contributed by atoms with Crippen molar-refractivity contribution < 1.29 is 19.1 Å². The van der Waals surface area contributed by atoms with Gasteiger partial charge in [0.05, 0.1) is 12.1 Å². The molecule has 1 aliphatic rings. The Morgan fingerprint density at radius 2 is 1.80 bits per heavy atom. The zero-order chi connectivity index (χ0) is 20.9. The highest BCUT2D eigenvalue weighted by Crippen LogP contribution is 2.30. The molecule has 2 amide bonds. The maximum Gasteiger partial charge on any atom is 0.269 e. The second-order valence-electron chi connectivity index (χ2n) is 6.73. The first-order valence-corrected chi connectivity index (χ1v) is 10.5. The Labute approximate surface area is 178 Å². The Morgan fingerprint density at radius 3 is 2.57 bits per heavy atom. The zero-order valence-corrected chi connectivity index (χ0v) is 17.3. The molecule has 30 heavy (non-hydrogen) atoms. The van der Waals surface area contributed by atoms with Gasteiger partial charge in [-0.15, -0.1) is 11.3 Å². The molecule has 7 nitrogen and oxygen atoms in total. The number of ether oxygens (including phenoxy) is 2. The van der Waals surface area contributed by atoms with E-state index >= 15 is 0 Å². The monoisotopic (exact) mass is 423 g/mol. The molecule has 0 radical (unpaired) electrons. The number of fused-ring (bicyclic) bond motifs is 1. The van der Waals surface area contributed by atoms with Crippen LogP contribution in [0, 0.1) is 0 Å². The van der Waals surface area contributed by atoms with Gasteiger partial charge in [-0.1, -0.05) is 31.2 Å². The average Bonchev–Trinajstić information content (AvgIpc) is 3.25. The van der Waals surface area contributed by atoms with Crippen LogP contribution in [0.1, 0.15) is 28.5 Å². The fourth-order valence-corrected chi connectivity index (χ4v) is 3.82. The molecule has 8 heteroatoms. The van der Waals surface area contributed by atoms with E-state index in [0.717, 1.165) is 17.0 Å². The number of thiazole rings is 1. The minimum absolute atomic E-state index is 0.0744. The molecule has 2 heterocycles. The third kappa shape index (κ3) is 4.60. The SMILES string of the molecule is CCc1ccc(-c2nc(CC(=O)NNC(=O)c3ccc4c(c3)OCCO4)cs2)cc1. The van der Waals surface area contributed by atoms with Crippen molar-refractivity contribution in [2.24, 2.45) is 0 Å². The average molecular weight is 423 g/mol. The van der Waals surface area contributed by atoms with Gasteiger partial charge in [-0.3, -0.25) is 20.4 Å². The van der Waals surface area contributed by atoms with Gasteiger partial charge in [-0.2, -0.15) is 0 Å². The van der Waals surface area contributed by atoms with Crippen molar-refractivity contribution in [2.75, 3.05) is 13.2 Å². The molecule has 0 saturated carbocycles. The highest BCUT2D eigenvalue weighted by atomic mass is 32.1. The number of hydrogen-bond donors (Lipinski definition) is 2. The summed E-state index contributed by atoms with van der Waals surface area (Å²) in [4.78, 5) is 29.0. The smallest absolute Gasteiger partial charge is 0.269 e. The summed E-state index contributed by atoms with van der Waals surface area (Å²) < 4.78 is 10.9. The first-order chi connectivity index (χ1) is 14.6. The van der Waals surface area contributed by atoms with E-state index in [1.807, 2.05) is 17.5 Å². The van der Waals surface area contributed by atoms with E-state index in [-0.39, 0.29) is 12.3 Å². The maximum atomic E-state index is 12.3. The molecular weight excluding hydrogens is 402 g/mol. The molecule has 0 saturated heterocycles. The van der Waals surface area contributed by atoms with Crippen molar-refractivity contribution in [2.45, 2.75) is 19.8 Å². The number of nitrogens with one attached hydrogen (secondary N) is 2. The minimum atomic E-state index is -0.435. The molecule has 0 fully saturated rings. The van der Waals surface area contributed by atoms with Crippen molar-refractivity contribution in [3.05, 3.63) is 64.7 Å². The third-order valence-corrected chi connectivity index (χ3v) is 5.56. The van der Waals surface area contributed by atoms with E-state index in [4.69, 9.17) is 9.47 Å². The summed E-state index contributed by atoms with van der Waals surface area (Å²) in [5, 5.41) is 2.71. The van der Waals surface area contributed by atoms with E-state index in [1.54, 1.807) is 18.2 Å². The number of aryl methyl sites for hydroxylation is 1. The fourth-order valence-electron chi connectivity index (χ4n) is 3.00. The van der Waals surface area contributed by atoms with Crippen molar-refractivity contribution in [1.29, 1.82) is 0 Å². The van der Waals surface area contributed by atoms with Gasteiger partial charge in [-0.25, -0.2) is 4.98 Å². The lowest BCUT2D eigenvalue weighted by molar-refractivity contribution is -0.121. The van der Waals surface area contributed by atoms with Gasteiger partial charge in [0, 0.05) is 16.5 Å².